The first kappa shape index (κ1) is 13.8. The SMILES string of the molecule is CC1(Nc2c3ccccc3nc3ccccc23)C=CC=C(N)C1. The molecule has 0 spiro atoms. The number of anilines is 1. The molecule has 4 rings (SSSR count). The van der Waals surface area contributed by atoms with Gasteiger partial charge in [-0.15, -0.1) is 0 Å². The normalized spacial score (nSPS) is 20.7. The maximum absolute atomic E-state index is 6.05. The summed E-state index contributed by atoms with van der Waals surface area (Å²) in [6, 6.07) is 16.5. The fourth-order valence-electron chi connectivity index (χ4n) is 3.27. The molecule has 0 amide bonds. The van der Waals surface area contributed by atoms with Crippen LogP contribution in [0.5, 0.6) is 0 Å². The number of aromatic nitrogens is 1. The molecule has 1 aliphatic carbocycles. The molecule has 3 heteroatoms. The zero-order valence-electron chi connectivity index (χ0n) is 13.1. The molecule has 114 valence electrons. The van der Waals surface area contributed by atoms with Gasteiger partial charge in [0.1, 0.15) is 0 Å². The van der Waals surface area contributed by atoms with Crippen molar-refractivity contribution in [1.29, 1.82) is 0 Å². The average molecular weight is 301 g/mol. The minimum Gasteiger partial charge on any atom is -0.402 e. The van der Waals surface area contributed by atoms with E-state index in [1.807, 2.05) is 24.3 Å². The van der Waals surface area contributed by atoms with Crippen molar-refractivity contribution >= 4 is 27.5 Å². The van der Waals surface area contributed by atoms with Crippen molar-refractivity contribution in [3.63, 3.8) is 0 Å². The lowest BCUT2D eigenvalue weighted by atomic mass is 9.90. The highest BCUT2D eigenvalue weighted by atomic mass is 15.0. The lowest BCUT2D eigenvalue weighted by molar-refractivity contribution is 0.618. The van der Waals surface area contributed by atoms with Crippen LogP contribution in [0.1, 0.15) is 13.3 Å². The van der Waals surface area contributed by atoms with E-state index in [0.29, 0.717) is 0 Å². The predicted octanol–water partition coefficient (Wildman–Crippen LogP) is 4.36. The number of hydrogen-bond acceptors (Lipinski definition) is 3. The first-order chi connectivity index (χ1) is 11.1. The lowest BCUT2D eigenvalue weighted by Gasteiger charge is -2.32. The topological polar surface area (TPSA) is 50.9 Å². The summed E-state index contributed by atoms with van der Waals surface area (Å²) >= 11 is 0. The molecule has 1 unspecified atom stereocenters. The second-order valence-corrected chi connectivity index (χ2v) is 6.34. The standard InChI is InChI=1S/C20H19N3/c1-20(12-6-7-14(21)13-20)23-19-15-8-2-4-10-17(15)22-18-11-5-3-9-16(18)19/h2-12H,13,21H2,1H3,(H,22,23). The highest BCUT2D eigenvalue weighted by molar-refractivity contribution is 6.07. The van der Waals surface area contributed by atoms with Gasteiger partial charge in [0.15, 0.2) is 0 Å². The van der Waals surface area contributed by atoms with Crippen molar-refractivity contribution in [2.75, 3.05) is 5.32 Å². The molecule has 1 atom stereocenters. The molecule has 0 bridgehead atoms. The Morgan fingerprint density at radius 3 is 2.22 bits per heavy atom. The molecular weight excluding hydrogens is 282 g/mol. The monoisotopic (exact) mass is 301 g/mol. The Morgan fingerprint density at radius 1 is 1.00 bits per heavy atom. The fraction of sp³-hybridized carbons (Fsp3) is 0.150. The summed E-state index contributed by atoms with van der Waals surface area (Å²) in [4.78, 5) is 4.78. The molecule has 3 N–H and O–H groups in total. The summed E-state index contributed by atoms with van der Waals surface area (Å²) in [7, 11) is 0. The van der Waals surface area contributed by atoms with Gasteiger partial charge in [-0.1, -0.05) is 48.6 Å². The summed E-state index contributed by atoms with van der Waals surface area (Å²) in [6.07, 6.45) is 6.95. The van der Waals surface area contributed by atoms with Crippen LogP contribution in [0, 0.1) is 0 Å². The van der Waals surface area contributed by atoms with Gasteiger partial charge in [-0.05, 0) is 25.1 Å². The van der Waals surface area contributed by atoms with E-state index < -0.39 is 0 Å². The zero-order chi connectivity index (χ0) is 15.9. The van der Waals surface area contributed by atoms with Crippen LogP contribution in [0.25, 0.3) is 21.8 Å². The number of rotatable bonds is 2. The van der Waals surface area contributed by atoms with Gasteiger partial charge in [-0.2, -0.15) is 0 Å². The Hall–Kier alpha value is -2.81. The van der Waals surface area contributed by atoms with Crippen molar-refractivity contribution in [1.82, 2.24) is 4.98 Å². The van der Waals surface area contributed by atoms with E-state index in [2.05, 4.69) is 54.7 Å². The van der Waals surface area contributed by atoms with E-state index in [1.165, 1.54) is 0 Å². The Morgan fingerprint density at radius 2 is 1.61 bits per heavy atom. The van der Waals surface area contributed by atoms with Crippen LogP contribution in [0.15, 0.2) is 72.5 Å². The predicted molar refractivity (Wildman–Crippen MR) is 97.3 cm³/mol. The largest absolute Gasteiger partial charge is 0.402 e. The maximum Gasteiger partial charge on any atom is 0.0730 e. The highest BCUT2D eigenvalue weighted by Crippen LogP contribution is 2.34. The molecule has 0 saturated heterocycles. The van der Waals surface area contributed by atoms with Gasteiger partial charge in [-0.3, -0.25) is 0 Å². The Bertz CT molecular complexity index is 901. The van der Waals surface area contributed by atoms with Gasteiger partial charge in [0, 0.05) is 22.9 Å². The molecule has 1 aromatic heterocycles. The van der Waals surface area contributed by atoms with Crippen LogP contribution in [0.4, 0.5) is 5.69 Å². The zero-order valence-corrected chi connectivity index (χ0v) is 13.1. The van der Waals surface area contributed by atoms with Crippen molar-refractivity contribution in [2.45, 2.75) is 18.9 Å². The number of fused-ring (bicyclic) bond motifs is 2. The second kappa shape index (κ2) is 5.13. The third-order valence-corrected chi connectivity index (χ3v) is 4.34. The number of benzene rings is 2. The van der Waals surface area contributed by atoms with Crippen LogP contribution in [0.2, 0.25) is 0 Å². The summed E-state index contributed by atoms with van der Waals surface area (Å²) in [5.41, 5.74) is 9.86. The van der Waals surface area contributed by atoms with Crippen LogP contribution in [-0.2, 0) is 0 Å². The highest BCUT2D eigenvalue weighted by Gasteiger charge is 2.25. The van der Waals surface area contributed by atoms with Crippen molar-refractivity contribution in [3.05, 3.63) is 72.5 Å². The summed E-state index contributed by atoms with van der Waals surface area (Å²) < 4.78 is 0. The maximum atomic E-state index is 6.05. The summed E-state index contributed by atoms with van der Waals surface area (Å²) in [6.45, 7) is 2.17. The minimum absolute atomic E-state index is 0.203. The summed E-state index contributed by atoms with van der Waals surface area (Å²) in [5, 5.41) is 5.99. The number of pyridine rings is 1. The molecule has 0 radical (unpaired) electrons. The van der Waals surface area contributed by atoms with Gasteiger partial charge in [0.25, 0.3) is 0 Å². The molecule has 0 aliphatic heterocycles. The van der Waals surface area contributed by atoms with Crippen LogP contribution in [0.3, 0.4) is 0 Å². The third-order valence-electron chi connectivity index (χ3n) is 4.34. The Kier molecular flexibility index (Phi) is 3.08. The smallest absolute Gasteiger partial charge is 0.0730 e. The van der Waals surface area contributed by atoms with Crippen molar-refractivity contribution < 1.29 is 0 Å². The lowest BCUT2D eigenvalue weighted by Crippen LogP contribution is -2.35. The number of nitrogens with zero attached hydrogens (tertiary/aromatic N) is 1. The number of hydrogen-bond donors (Lipinski definition) is 2. The molecule has 3 aromatic rings. The van der Waals surface area contributed by atoms with Gasteiger partial charge >= 0.3 is 0 Å². The average Bonchev–Trinajstić information content (AvgIpc) is 2.54. The number of allylic oxidation sites excluding steroid dienone is 2. The molecule has 2 aromatic carbocycles. The number of nitrogens with one attached hydrogen (secondary N) is 1. The third kappa shape index (κ3) is 2.44. The second-order valence-electron chi connectivity index (χ2n) is 6.34. The van der Waals surface area contributed by atoms with E-state index >= 15 is 0 Å². The Balaban J connectivity index is 1.93. The van der Waals surface area contributed by atoms with E-state index in [1.54, 1.807) is 0 Å². The summed E-state index contributed by atoms with van der Waals surface area (Å²) in [5.74, 6) is 0. The first-order valence-electron chi connectivity index (χ1n) is 7.84. The van der Waals surface area contributed by atoms with Crippen molar-refractivity contribution in [3.8, 4) is 0 Å². The van der Waals surface area contributed by atoms with E-state index in [-0.39, 0.29) is 5.54 Å². The molecule has 1 heterocycles. The van der Waals surface area contributed by atoms with E-state index in [9.17, 15) is 0 Å². The first-order valence-corrected chi connectivity index (χ1v) is 7.84. The number of para-hydroxylation sites is 2. The molecule has 23 heavy (non-hydrogen) atoms. The molecule has 3 nitrogen and oxygen atoms in total. The number of nitrogens with two attached hydrogens (primary N) is 1. The van der Waals surface area contributed by atoms with Crippen LogP contribution < -0.4 is 11.1 Å². The van der Waals surface area contributed by atoms with Crippen LogP contribution in [-0.4, -0.2) is 10.5 Å². The van der Waals surface area contributed by atoms with E-state index in [4.69, 9.17) is 10.7 Å². The molecular formula is C20H19N3. The molecule has 1 aliphatic rings. The Labute approximate surface area is 135 Å². The van der Waals surface area contributed by atoms with Gasteiger partial charge in [0.2, 0.25) is 0 Å². The molecule has 0 saturated carbocycles. The quantitative estimate of drug-likeness (QED) is 0.691. The molecule has 0 fully saturated rings. The van der Waals surface area contributed by atoms with Gasteiger partial charge < -0.3 is 11.1 Å². The minimum atomic E-state index is -0.203. The van der Waals surface area contributed by atoms with Gasteiger partial charge in [-0.25, -0.2) is 4.98 Å². The van der Waals surface area contributed by atoms with Gasteiger partial charge in [0.05, 0.1) is 22.3 Å². The van der Waals surface area contributed by atoms with E-state index in [0.717, 1.165) is 39.6 Å². The van der Waals surface area contributed by atoms with Crippen molar-refractivity contribution in [2.24, 2.45) is 5.73 Å². The van der Waals surface area contributed by atoms with Crippen LogP contribution >= 0.6 is 0 Å². The fourth-order valence-corrected chi connectivity index (χ4v) is 3.27.